The fourth-order valence-electron chi connectivity index (χ4n) is 1.57. The molecule has 0 radical (unpaired) electrons. The van der Waals surface area contributed by atoms with Crippen molar-refractivity contribution in [3.63, 3.8) is 0 Å². The largest absolute Gasteiger partial charge is 0.297 e. The Labute approximate surface area is 131 Å². The van der Waals surface area contributed by atoms with Gasteiger partial charge in [0.05, 0.1) is 11.1 Å². The Morgan fingerprint density at radius 1 is 1.33 bits per heavy atom. The summed E-state index contributed by atoms with van der Waals surface area (Å²) in [6, 6.07) is 3.56. The molecule has 0 spiro atoms. The predicted octanol–water partition coefficient (Wildman–Crippen LogP) is 1.86. The molecule has 0 aliphatic carbocycles. The van der Waals surface area contributed by atoms with Crippen molar-refractivity contribution < 1.29 is 13.2 Å². The first kappa shape index (κ1) is 16.1. The van der Waals surface area contributed by atoms with Crippen LogP contribution in [0.15, 0.2) is 18.3 Å². The molecule has 0 atom stereocenters. The van der Waals surface area contributed by atoms with Crippen LogP contribution in [-0.2, 0) is 16.4 Å². The van der Waals surface area contributed by atoms with Crippen molar-refractivity contribution in [3.8, 4) is 0 Å². The molecule has 2 aromatic heterocycles. The molecule has 6 nitrogen and oxygen atoms in total. The summed E-state index contributed by atoms with van der Waals surface area (Å²) in [5.74, 6) is -0.198. The fraction of sp³-hybridized carbons (Fsp3) is 0.333. The summed E-state index contributed by atoms with van der Waals surface area (Å²) in [5.41, 5.74) is 0. The molecule has 0 aliphatic heterocycles. The molecule has 2 N–H and O–H groups in total. The van der Waals surface area contributed by atoms with Gasteiger partial charge in [0.2, 0.25) is 10.0 Å². The summed E-state index contributed by atoms with van der Waals surface area (Å²) >= 11 is 2.77. The van der Waals surface area contributed by atoms with Crippen LogP contribution in [0.25, 0.3) is 0 Å². The van der Waals surface area contributed by atoms with Gasteiger partial charge < -0.3 is 0 Å². The maximum absolute atomic E-state index is 12.0. The number of rotatable bonds is 6. The molecule has 0 aliphatic rings. The van der Waals surface area contributed by atoms with Crippen LogP contribution in [0.1, 0.15) is 19.4 Å². The summed E-state index contributed by atoms with van der Waals surface area (Å²) in [6.07, 6.45) is 3.38. The van der Waals surface area contributed by atoms with Crippen LogP contribution < -0.4 is 10.0 Å². The maximum atomic E-state index is 12.0. The van der Waals surface area contributed by atoms with Crippen LogP contribution in [-0.4, -0.2) is 32.1 Å². The van der Waals surface area contributed by atoms with Gasteiger partial charge in [0, 0.05) is 22.5 Å². The third-order valence-electron chi connectivity index (χ3n) is 2.46. The van der Waals surface area contributed by atoms with Crippen molar-refractivity contribution in [3.05, 3.63) is 33.0 Å². The number of aromatic nitrogens is 1. The third kappa shape index (κ3) is 5.20. The lowest BCUT2D eigenvalue weighted by atomic mass is 10.3. The third-order valence-corrected chi connectivity index (χ3v) is 5.16. The van der Waals surface area contributed by atoms with E-state index >= 15 is 0 Å². The van der Waals surface area contributed by atoms with E-state index in [0.29, 0.717) is 23.0 Å². The van der Waals surface area contributed by atoms with Crippen molar-refractivity contribution in [2.75, 3.05) is 18.1 Å². The molecule has 2 rings (SSSR count). The highest BCUT2D eigenvalue weighted by Crippen LogP contribution is 2.21. The van der Waals surface area contributed by atoms with Gasteiger partial charge in [0.15, 0.2) is 5.13 Å². The number of anilines is 1. The summed E-state index contributed by atoms with van der Waals surface area (Å²) in [6.45, 7) is 2.25. The molecule has 9 heteroatoms. The highest BCUT2D eigenvalue weighted by atomic mass is 32.2. The Hall–Kier alpha value is -1.29. The van der Waals surface area contributed by atoms with Gasteiger partial charge in [-0.1, -0.05) is 0 Å². The van der Waals surface area contributed by atoms with E-state index in [9.17, 15) is 13.2 Å². The zero-order chi connectivity index (χ0) is 15.5. The number of hydrogen-bond donors (Lipinski definition) is 2. The minimum Gasteiger partial charge on any atom is -0.297 e. The second-order valence-corrected chi connectivity index (χ2v) is 8.65. The lowest BCUT2D eigenvalue weighted by molar-refractivity contribution is 0.103. The molecule has 1 amide bonds. The van der Waals surface area contributed by atoms with Crippen LogP contribution >= 0.6 is 22.7 Å². The first-order valence-electron chi connectivity index (χ1n) is 6.10. The van der Waals surface area contributed by atoms with Crippen molar-refractivity contribution >= 4 is 43.7 Å². The molecule has 0 fully saturated rings. The smallest absolute Gasteiger partial charge is 0.267 e. The molecule has 0 aromatic carbocycles. The van der Waals surface area contributed by atoms with Gasteiger partial charge in [-0.2, -0.15) is 0 Å². The standard InChI is InChI=1S/C12H15N3O3S3/c1-8-7-13-12(19-8)15-11(16)10-4-3-9(20-10)5-6-14-21(2,17)18/h3-4,7,14H,5-6H2,1-2H3,(H,13,15,16). The van der Waals surface area contributed by atoms with Gasteiger partial charge in [0.25, 0.3) is 5.91 Å². The van der Waals surface area contributed by atoms with Gasteiger partial charge in [-0.05, 0) is 25.5 Å². The minimum absolute atomic E-state index is 0.198. The first-order chi connectivity index (χ1) is 9.83. The molecule has 2 heterocycles. The molecule has 21 heavy (non-hydrogen) atoms. The number of carbonyl (C=O) groups is 1. The molecule has 0 unspecified atom stereocenters. The quantitative estimate of drug-likeness (QED) is 0.836. The van der Waals surface area contributed by atoms with E-state index in [1.165, 1.54) is 22.7 Å². The van der Waals surface area contributed by atoms with E-state index in [2.05, 4.69) is 15.0 Å². The second-order valence-electron chi connectivity index (χ2n) is 4.41. The molecular formula is C12H15N3O3S3. The fourth-order valence-corrected chi connectivity index (χ4v) is 3.60. The van der Waals surface area contributed by atoms with Gasteiger partial charge in [0.1, 0.15) is 0 Å². The number of aryl methyl sites for hydroxylation is 1. The summed E-state index contributed by atoms with van der Waals surface area (Å²) < 4.78 is 24.3. The Morgan fingerprint density at radius 2 is 2.10 bits per heavy atom. The Kier molecular flexibility index (Phi) is 5.09. The van der Waals surface area contributed by atoms with Gasteiger partial charge in [-0.25, -0.2) is 18.1 Å². The number of thiophene rings is 1. The zero-order valence-electron chi connectivity index (χ0n) is 11.5. The number of thiazole rings is 1. The number of nitrogens with zero attached hydrogens (tertiary/aromatic N) is 1. The Morgan fingerprint density at radius 3 is 2.71 bits per heavy atom. The lowest BCUT2D eigenvalue weighted by Crippen LogP contribution is -2.24. The highest BCUT2D eigenvalue weighted by Gasteiger charge is 2.11. The molecule has 2 aromatic rings. The average Bonchev–Trinajstić information content (AvgIpc) is 2.97. The average molecular weight is 345 g/mol. The Bertz CT molecular complexity index is 734. The number of nitrogens with one attached hydrogen (secondary N) is 2. The maximum Gasteiger partial charge on any atom is 0.267 e. The van der Waals surface area contributed by atoms with Crippen LogP contribution in [0.3, 0.4) is 0 Å². The van der Waals surface area contributed by atoms with Crippen LogP contribution in [0.2, 0.25) is 0 Å². The van der Waals surface area contributed by atoms with E-state index in [4.69, 9.17) is 0 Å². The molecule has 114 valence electrons. The SMILES string of the molecule is Cc1cnc(NC(=O)c2ccc(CCNS(C)(=O)=O)s2)s1. The van der Waals surface area contributed by atoms with E-state index in [-0.39, 0.29) is 5.91 Å². The lowest BCUT2D eigenvalue weighted by Gasteiger charge is -2.00. The minimum atomic E-state index is -3.17. The normalized spacial score (nSPS) is 11.5. The summed E-state index contributed by atoms with van der Waals surface area (Å²) in [5, 5.41) is 3.32. The molecular weight excluding hydrogens is 330 g/mol. The van der Waals surface area contributed by atoms with Gasteiger partial charge in [-0.3, -0.25) is 10.1 Å². The van der Waals surface area contributed by atoms with Crippen molar-refractivity contribution in [1.82, 2.24) is 9.71 Å². The Balaban J connectivity index is 1.91. The van der Waals surface area contributed by atoms with E-state index in [1.807, 2.05) is 13.0 Å². The van der Waals surface area contributed by atoms with E-state index < -0.39 is 10.0 Å². The van der Waals surface area contributed by atoms with Gasteiger partial charge in [-0.15, -0.1) is 22.7 Å². The highest BCUT2D eigenvalue weighted by molar-refractivity contribution is 7.88. The summed E-state index contributed by atoms with van der Waals surface area (Å²) in [4.78, 5) is 18.7. The number of carbonyl (C=O) groups excluding carboxylic acids is 1. The summed E-state index contributed by atoms with van der Waals surface area (Å²) in [7, 11) is -3.17. The van der Waals surface area contributed by atoms with E-state index in [1.54, 1.807) is 12.3 Å². The number of hydrogen-bond acceptors (Lipinski definition) is 6. The second kappa shape index (κ2) is 6.65. The molecule has 0 saturated heterocycles. The monoisotopic (exact) mass is 345 g/mol. The zero-order valence-corrected chi connectivity index (χ0v) is 14.0. The molecule has 0 bridgehead atoms. The van der Waals surface area contributed by atoms with Crippen LogP contribution in [0, 0.1) is 6.92 Å². The van der Waals surface area contributed by atoms with E-state index in [0.717, 1.165) is 16.0 Å². The van der Waals surface area contributed by atoms with Crippen LogP contribution in [0.5, 0.6) is 0 Å². The van der Waals surface area contributed by atoms with Crippen molar-refractivity contribution in [1.29, 1.82) is 0 Å². The molecule has 0 saturated carbocycles. The number of amides is 1. The predicted molar refractivity (Wildman–Crippen MR) is 85.7 cm³/mol. The van der Waals surface area contributed by atoms with Gasteiger partial charge >= 0.3 is 0 Å². The van der Waals surface area contributed by atoms with Crippen molar-refractivity contribution in [2.45, 2.75) is 13.3 Å². The first-order valence-corrected chi connectivity index (χ1v) is 9.63. The van der Waals surface area contributed by atoms with Crippen LogP contribution in [0.4, 0.5) is 5.13 Å². The topological polar surface area (TPSA) is 88.2 Å². The number of sulfonamides is 1. The van der Waals surface area contributed by atoms with Crippen molar-refractivity contribution in [2.24, 2.45) is 0 Å².